The molecule has 34 heavy (non-hydrogen) atoms. The van der Waals surface area contributed by atoms with Crippen LogP contribution in [-0.2, 0) is 11.3 Å². The van der Waals surface area contributed by atoms with Gasteiger partial charge in [-0.25, -0.2) is 0 Å². The number of benzene rings is 4. The summed E-state index contributed by atoms with van der Waals surface area (Å²) in [5, 5.41) is 6.01. The largest absolute Gasteiger partial charge is 0.490 e. The van der Waals surface area contributed by atoms with Crippen LogP contribution < -0.4 is 14.8 Å². The van der Waals surface area contributed by atoms with Gasteiger partial charge in [0, 0.05) is 12.5 Å². The molecular formula is C30H31NO3. The zero-order chi connectivity index (χ0) is 23.0. The summed E-state index contributed by atoms with van der Waals surface area (Å²) in [5.41, 5.74) is 2.52. The van der Waals surface area contributed by atoms with Crippen molar-refractivity contribution in [3.8, 4) is 11.5 Å². The lowest BCUT2D eigenvalue weighted by atomic mass is 9.87. The molecule has 0 saturated carbocycles. The second kappa shape index (κ2) is 11.2. The molecule has 2 atom stereocenters. The van der Waals surface area contributed by atoms with Crippen LogP contribution in [0.1, 0.15) is 23.5 Å². The Morgan fingerprint density at radius 1 is 0.706 bits per heavy atom. The van der Waals surface area contributed by atoms with Crippen LogP contribution in [0.25, 0.3) is 10.8 Å². The smallest absolute Gasteiger partial charge is 0.122 e. The van der Waals surface area contributed by atoms with Crippen molar-refractivity contribution in [2.45, 2.75) is 25.0 Å². The Hall–Kier alpha value is -3.34. The molecule has 1 aliphatic heterocycles. The third-order valence-electron chi connectivity index (χ3n) is 6.38. The first-order chi connectivity index (χ1) is 16.8. The van der Waals surface area contributed by atoms with Crippen molar-refractivity contribution in [3.05, 3.63) is 108 Å². The van der Waals surface area contributed by atoms with E-state index in [0.717, 1.165) is 31.0 Å². The van der Waals surface area contributed by atoms with Gasteiger partial charge >= 0.3 is 0 Å². The van der Waals surface area contributed by atoms with Gasteiger partial charge in [0.1, 0.15) is 24.7 Å². The summed E-state index contributed by atoms with van der Waals surface area (Å²) in [4.78, 5) is 0. The molecular weight excluding hydrogens is 422 g/mol. The van der Waals surface area contributed by atoms with Gasteiger partial charge in [-0.3, -0.25) is 0 Å². The van der Waals surface area contributed by atoms with Gasteiger partial charge in [0.05, 0.1) is 12.7 Å². The number of para-hydroxylation sites is 1. The number of ether oxygens (including phenoxy) is 3. The molecule has 0 aromatic heterocycles. The second-order valence-corrected chi connectivity index (χ2v) is 8.71. The van der Waals surface area contributed by atoms with Gasteiger partial charge in [-0.1, -0.05) is 66.7 Å². The first kappa shape index (κ1) is 22.5. The molecule has 4 nitrogen and oxygen atoms in total. The topological polar surface area (TPSA) is 39.7 Å². The third kappa shape index (κ3) is 5.77. The average Bonchev–Trinajstić information content (AvgIpc) is 2.91. The number of hydrogen-bond acceptors (Lipinski definition) is 4. The number of nitrogens with one attached hydrogen (secondary N) is 1. The highest BCUT2D eigenvalue weighted by molar-refractivity contribution is 5.82. The highest BCUT2D eigenvalue weighted by atomic mass is 16.5. The first-order valence-corrected chi connectivity index (χ1v) is 12.1. The van der Waals surface area contributed by atoms with Crippen molar-refractivity contribution in [2.75, 3.05) is 26.3 Å². The van der Waals surface area contributed by atoms with E-state index in [4.69, 9.17) is 14.2 Å². The van der Waals surface area contributed by atoms with Gasteiger partial charge in [-0.15, -0.1) is 0 Å². The van der Waals surface area contributed by atoms with E-state index < -0.39 is 0 Å². The minimum atomic E-state index is 0.145. The lowest BCUT2D eigenvalue weighted by Gasteiger charge is -2.32. The normalized spacial score (nSPS) is 18.0. The number of hydrogen-bond donors (Lipinski definition) is 1. The van der Waals surface area contributed by atoms with Crippen LogP contribution >= 0.6 is 0 Å². The van der Waals surface area contributed by atoms with Crippen LogP contribution in [0.3, 0.4) is 0 Å². The van der Waals surface area contributed by atoms with Crippen molar-refractivity contribution in [2.24, 2.45) is 0 Å². The third-order valence-corrected chi connectivity index (χ3v) is 6.38. The molecule has 1 fully saturated rings. The molecule has 174 valence electrons. The van der Waals surface area contributed by atoms with Crippen molar-refractivity contribution >= 4 is 10.8 Å². The van der Waals surface area contributed by atoms with Crippen molar-refractivity contribution in [1.82, 2.24) is 5.32 Å². The standard InChI is InChI=1S/C30H31NO3/c1-2-8-27(9-3-1)32-18-19-33-28-14-12-25(13-15-28)29-16-17-31-21-30(29)34-22-23-10-11-24-6-4-5-7-26(24)20-23/h1-15,20,29-31H,16-19,21-22H2. The lowest BCUT2D eigenvalue weighted by Crippen LogP contribution is -2.40. The molecule has 1 aliphatic rings. The predicted octanol–water partition coefficient (Wildman–Crippen LogP) is 5.96. The summed E-state index contributed by atoms with van der Waals surface area (Å²) in [6.07, 6.45) is 1.21. The fourth-order valence-corrected chi connectivity index (χ4v) is 4.57. The van der Waals surface area contributed by atoms with E-state index in [0.29, 0.717) is 25.7 Å². The monoisotopic (exact) mass is 453 g/mol. The molecule has 2 unspecified atom stereocenters. The van der Waals surface area contributed by atoms with E-state index in [-0.39, 0.29) is 6.10 Å². The maximum Gasteiger partial charge on any atom is 0.122 e. The highest BCUT2D eigenvalue weighted by Crippen LogP contribution is 2.30. The number of piperidine rings is 1. The molecule has 1 N–H and O–H groups in total. The first-order valence-electron chi connectivity index (χ1n) is 12.1. The van der Waals surface area contributed by atoms with E-state index in [1.54, 1.807) is 0 Å². The molecule has 4 heteroatoms. The minimum absolute atomic E-state index is 0.145. The average molecular weight is 454 g/mol. The van der Waals surface area contributed by atoms with Crippen molar-refractivity contribution in [3.63, 3.8) is 0 Å². The molecule has 0 spiro atoms. The van der Waals surface area contributed by atoms with Crippen LogP contribution in [0, 0.1) is 0 Å². The van der Waals surface area contributed by atoms with Gasteiger partial charge in [0.15, 0.2) is 0 Å². The Labute approximate surface area is 201 Å². The van der Waals surface area contributed by atoms with E-state index in [1.807, 2.05) is 30.3 Å². The van der Waals surface area contributed by atoms with Crippen LogP contribution in [0.2, 0.25) is 0 Å². The number of rotatable bonds is 9. The van der Waals surface area contributed by atoms with Gasteiger partial charge in [0.25, 0.3) is 0 Å². The number of fused-ring (bicyclic) bond motifs is 1. The quantitative estimate of drug-likeness (QED) is 0.318. The van der Waals surface area contributed by atoms with Crippen molar-refractivity contribution < 1.29 is 14.2 Å². The van der Waals surface area contributed by atoms with Gasteiger partial charge in [0.2, 0.25) is 0 Å². The van der Waals surface area contributed by atoms with Gasteiger partial charge in [-0.05, 0) is 65.2 Å². The van der Waals surface area contributed by atoms with Crippen LogP contribution in [0.5, 0.6) is 11.5 Å². The summed E-state index contributed by atoms with van der Waals surface area (Å²) in [6, 6.07) is 33.3. The fraction of sp³-hybridized carbons (Fsp3) is 0.267. The van der Waals surface area contributed by atoms with Crippen LogP contribution in [-0.4, -0.2) is 32.4 Å². The molecule has 4 aromatic carbocycles. The Balaban J connectivity index is 1.15. The molecule has 0 aliphatic carbocycles. The van der Waals surface area contributed by atoms with Gasteiger partial charge < -0.3 is 19.5 Å². The summed E-state index contributed by atoms with van der Waals surface area (Å²) in [5.74, 6) is 2.10. The molecule has 0 amide bonds. The molecule has 4 aromatic rings. The summed E-state index contributed by atoms with van der Waals surface area (Å²) < 4.78 is 18.0. The van der Waals surface area contributed by atoms with E-state index in [9.17, 15) is 0 Å². The van der Waals surface area contributed by atoms with E-state index in [2.05, 4.69) is 72.0 Å². The summed E-state index contributed by atoms with van der Waals surface area (Å²) >= 11 is 0. The van der Waals surface area contributed by atoms with E-state index in [1.165, 1.54) is 21.9 Å². The van der Waals surface area contributed by atoms with E-state index >= 15 is 0 Å². The minimum Gasteiger partial charge on any atom is -0.490 e. The Morgan fingerprint density at radius 3 is 2.21 bits per heavy atom. The summed E-state index contributed by atoms with van der Waals surface area (Å²) in [7, 11) is 0. The molecule has 5 rings (SSSR count). The molecule has 0 bridgehead atoms. The van der Waals surface area contributed by atoms with Crippen molar-refractivity contribution in [1.29, 1.82) is 0 Å². The highest BCUT2D eigenvalue weighted by Gasteiger charge is 2.27. The zero-order valence-corrected chi connectivity index (χ0v) is 19.4. The Bertz CT molecular complexity index is 1180. The molecule has 0 radical (unpaired) electrons. The zero-order valence-electron chi connectivity index (χ0n) is 19.4. The predicted molar refractivity (Wildman–Crippen MR) is 137 cm³/mol. The molecule has 1 heterocycles. The molecule has 1 saturated heterocycles. The maximum atomic E-state index is 6.43. The Kier molecular flexibility index (Phi) is 7.39. The van der Waals surface area contributed by atoms with Crippen LogP contribution in [0.15, 0.2) is 97.1 Å². The SMILES string of the molecule is c1ccc(OCCOc2ccc(C3CCNCC3OCc3ccc4ccccc4c3)cc2)cc1. The maximum absolute atomic E-state index is 6.43. The van der Waals surface area contributed by atoms with Crippen LogP contribution in [0.4, 0.5) is 0 Å². The Morgan fingerprint density at radius 2 is 1.41 bits per heavy atom. The summed E-state index contributed by atoms with van der Waals surface area (Å²) in [6.45, 7) is 3.53. The lowest BCUT2D eigenvalue weighted by molar-refractivity contribution is 0.0106. The fourth-order valence-electron chi connectivity index (χ4n) is 4.57. The van der Waals surface area contributed by atoms with Gasteiger partial charge in [-0.2, -0.15) is 0 Å². The second-order valence-electron chi connectivity index (χ2n) is 8.71.